The Kier molecular flexibility index (Phi) is 4.41. The maximum Gasteiger partial charge on any atom is 0.184 e. The van der Waals surface area contributed by atoms with Gasteiger partial charge in [0, 0.05) is 10.6 Å². The molecule has 0 aromatic heterocycles. The van der Waals surface area contributed by atoms with Gasteiger partial charge in [-0.1, -0.05) is 18.5 Å². The predicted molar refractivity (Wildman–Crippen MR) is 57.7 cm³/mol. The standard InChI is InChI=1S/C11H12ClNO2/c1-2-10(6-13)15-11-4-3-9(12)5-8(11)7-14/h3-5,10,14H,2,7H2,1H3. The van der Waals surface area contributed by atoms with Crippen LogP contribution in [0.25, 0.3) is 0 Å². The Morgan fingerprint density at radius 3 is 2.87 bits per heavy atom. The van der Waals surface area contributed by atoms with Crippen LogP contribution in [0.5, 0.6) is 5.75 Å². The van der Waals surface area contributed by atoms with E-state index in [1.807, 2.05) is 13.0 Å². The van der Waals surface area contributed by atoms with E-state index in [1.54, 1.807) is 18.2 Å². The second-order valence-corrected chi connectivity index (χ2v) is 3.49. The first-order chi connectivity index (χ1) is 7.21. The van der Waals surface area contributed by atoms with Crippen LogP contribution in [0.15, 0.2) is 18.2 Å². The third-order valence-corrected chi connectivity index (χ3v) is 2.21. The molecule has 1 atom stereocenters. The SMILES string of the molecule is CCC(C#N)Oc1ccc(Cl)cc1CO. The molecule has 0 bridgehead atoms. The Morgan fingerprint density at radius 2 is 2.33 bits per heavy atom. The van der Waals surface area contributed by atoms with Gasteiger partial charge in [0.25, 0.3) is 0 Å². The summed E-state index contributed by atoms with van der Waals surface area (Å²) in [7, 11) is 0. The van der Waals surface area contributed by atoms with Crippen molar-refractivity contribution in [3.8, 4) is 11.8 Å². The summed E-state index contributed by atoms with van der Waals surface area (Å²) < 4.78 is 5.41. The Labute approximate surface area is 93.9 Å². The molecule has 0 aliphatic rings. The summed E-state index contributed by atoms with van der Waals surface area (Å²) in [5.74, 6) is 0.510. The first-order valence-electron chi connectivity index (χ1n) is 4.66. The highest BCUT2D eigenvalue weighted by molar-refractivity contribution is 6.30. The number of benzene rings is 1. The molecule has 0 saturated carbocycles. The van der Waals surface area contributed by atoms with E-state index in [2.05, 4.69) is 0 Å². The van der Waals surface area contributed by atoms with E-state index < -0.39 is 6.10 Å². The van der Waals surface area contributed by atoms with Crippen LogP contribution in [-0.2, 0) is 6.61 Å². The third kappa shape index (κ3) is 3.12. The van der Waals surface area contributed by atoms with E-state index >= 15 is 0 Å². The number of nitrogens with zero attached hydrogens (tertiary/aromatic N) is 1. The predicted octanol–water partition coefficient (Wildman–Crippen LogP) is 2.51. The molecule has 0 radical (unpaired) electrons. The lowest BCUT2D eigenvalue weighted by atomic mass is 10.2. The monoisotopic (exact) mass is 225 g/mol. The number of aliphatic hydroxyl groups excluding tert-OH is 1. The Morgan fingerprint density at radius 1 is 1.60 bits per heavy atom. The molecule has 1 N–H and O–H groups in total. The average Bonchev–Trinajstić information content (AvgIpc) is 2.27. The van der Waals surface area contributed by atoms with Crippen molar-refractivity contribution in [3.05, 3.63) is 28.8 Å². The average molecular weight is 226 g/mol. The van der Waals surface area contributed by atoms with Gasteiger partial charge in [-0.15, -0.1) is 0 Å². The zero-order valence-corrected chi connectivity index (χ0v) is 9.16. The molecule has 1 rings (SSSR count). The van der Waals surface area contributed by atoms with Crippen molar-refractivity contribution < 1.29 is 9.84 Å². The molecule has 0 heterocycles. The quantitative estimate of drug-likeness (QED) is 0.857. The van der Waals surface area contributed by atoms with E-state index in [0.717, 1.165) is 0 Å². The van der Waals surface area contributed by atoms with Gasteiger partial charge in [-0.25, -0.2) is 0 Å². The van der Waals surface area contributed by atoms with Crippen LogP contribution in [0.1, 0.15) is 18.9 Å². The van der Waals surface area contributed by atoms with E-state index in [4.69, 9.17) is 26.7 Å². The molecule has 0 spiro atoms. The van der Waals surface area contributed by atoms with Gasteiger partial charge in [0.2, 0.25) is 0 Å². The van der Waals surface area contributed by atoms with Crippen LogP contribution < -0.4 is 4.74 Å². The van der Waals surface area contributed by atoms with Gasteiger partial charge < -0.3 is 9.84 Å². The zero-order valence-electron chi connectivity index (χ0n) is 8.40. The molecule has 0 aliphatic heterocycles. The second kappa shape index (κ2) is 5.59. The molecule has 15 heavy (non-hydrogen) atoms. The van der Waals surface area contributed by atoms with Gasteiger partial charge >= 0.3 is 0 Å². The molecule has 0 amide bonds. The number of hydrogen-bond donors (Lipinski definition) is 1. The van der Waals surface area contributed by atoms with Crippen LogP contribution in [0.4, 0.5) is 0 Å². The summed E-state index contributed by atoms with van der Waals surface area (Å²) in [5.41, 5.74) is 0.594. The minimum Gasteiger partial charge on any atom is -0.475 e. The molecule has 1 aromatic rings. The molecule has 1 unspecified atom stereocenters. The normalized spacial score (nSPS) is 11.9. The number of hydrogen-bond acceptors (Lipinski definition) is 3. The van der Waals surface area contributed by atoms with E-state index in [1.165, 1.54) is 0 Å². The van der Waals surface area contributed by atoms with Gasteiger partial charge in [0.1, 0.15) is 11.8 Å². The highest BCUT2D eigenvalue weighted by Crippen LogP contribution is 2.24. The molecule has 80 valence electrons. The number of aliphatic hydroxyl groups is 1. The minimum absolute atomic E-state index is 0.155. The first kappa shape index (κ1) is 11.8. The van der Waals surface area contributed by atoms with Gasteiger partial charge in [-0.2, -0.15) is 5.26 Å². The largest absolute Gasteiger partial charge is 0.475 e. The number of nitriles is 1. The van der Waals surface area contributed by atoms with E-state index in [9.17, 15) is 0 Å². The van der Waals surface area contributed by atoms with Gasteiger partial charge in [0.15, 0.2) is 6.10 Å². The van der Waals surface area contributed by atoms with Gasteiger partial charge in [-0.3, -0.25) is 0 Å². The maximum atomic E-state index is 9.08. The Balaban J connectivity index is 2.89. The van der Waals surface area contributed by atoms with Crippen LogP contribution in [0.3, 0.4) is 0 Å². The Hall–Kier alpha value is -1.24. The molecular formula is C11H12ClNO2. The van der Waals surface area contributed by atoms with Crippen LogP contribution >= 0.6 is 11.6 Å². The summed E-state index contributed by atoms with van der Waals surface area (Å²) in [6.07, 6.45) is 0.112. The molecular weight excluding hydrogens is 214 g/mol. The highest BCUT2D eigenvalue weighted by atomic mass is 35.5. The topological polar surface area (TPSA) is 53.2 Å². The number of rotatable bonds is 4. The summed E-state index contributed by atoms with van der Waals surface area (Å²) in [5, 5.41) is 18.4. The number of halogens is 1. The first-order valence-corrected chi connectivity index (χ1v) is 5.04. The fourth-order valence-electron chi connectivity index (χ4n) is 1.14. The van der Waals surface area contributed by atoms with Crippen LogP contribution in [0, 0.1) is 11.3 Å². The highest BCUT2D eigenvalue weighted by Gasteiger charge is 2.09. The Bertz CT molecular complexity index is 373. The number of ether oxygens (including phenoxy) is 1. The molecule has 0 fully saturated rings. The third-order valence-electron chi connectivity index (χ3n) is 1.98. The summed E-state index contributed by atoms with van der Waals surface area (Å²) in [6, 6.07) is 6.98. The van der Waals surface area contributed by atoms with Crippen molar-refractivity contribution in [2.24, 2.45) is 0 Å². The van der Waals surface area contributed by atoms with Crippen LogP contribution in [0.2, 0.25) is 5.02 Å². The van der Waals surface area contributed by atoms with Crippen molar-refractivity contribution >= 4 is 11.6 Å². The van der Waals surface area contributed by atoms with Crippen molar-refractivity contribution in [2.45, 2.75) is 26.1 Å². The van der Waals surface area contributed by atoms with Crippen molar-refractivity contribution in [1.82, 2.24) is 0 Å². The smallest absolute Gasteiger partial charge is 0.184 e. The minimum atomic E-state index is -0.489. The second-order valence-electron chi connectivity index (χ2n) is 3.05. The lowest BCUT2D eigenvalue weighted by Crippen LogP contribution is -2.13. The molecule has 1 aromatic carbocycles. The zero-order chi connectivity index (χ0) is 11.3. The summed E-state index contributed by atoms with van der Waals surface area (Å²) in [4.78, 5) is 0. The molecule has 4 heteroatoms. The van der Waals surface area contributed by atoms with E-state index in [0.29, 0.717) is 22.8 Å². The summed E-state index contributed by atoms with van der Waals surface area (Å²) >= 11 is 5.77. The van der Waals surface area contributed by atoms with Crippen molar-refractivity contribution in [2.75, 3.05) is 0 Å². The molecule has 0 saturated heterocycles. The van der Waals surface area contributed by atoms with Crippen LogP contribution in [-0.4, -0.2) is 11.2 Å². The fraction of sp³-hybridized carbons (Fsp3) is 0.364. The lowest BCUT2D eigenvalue weighted by Gasteiger charge is -2.13. The molecule has 0 aliphatic carbocycles. The lowest BCUT2D eigenvalue weighted by molar-refractivity contribution is 0.232. The van der Waals surface area contributed by atoms with Crippen molar-refractivity contribution in [3.63, 3.8) is 0 Å². The van der Waals surface area contributed by atoms with Gasteiger partial charge in [0.05, 0.1) is 6.61 Å². The van der Waals surface area contributed by atoms with Gasteiger partial charge in [-0.05, 0) is 24.6 Å². The van der Waals surface area contributed by atoms with Crippen molar-refractivity contribution in [1.29, 1.82) is 5.26 Å². The molecule has 3 nitrogen and oxygen atoms in total. The fourth-order valence-corrected chi connectivity index (χ4v) is 1.34. The summed E-state index contributed by atoms with van der Waals surface area (Å²) in [6.45, 7) is 1.71. The maximum absolute atomic E-state index is 9.08. The van der Waals surface area contributed by atoms with E-state index in [-0.39, 0.29) is 6.61 Å².